The summed E-state index contributed by atoms with van der Waals surface area (Å²) in [6.45, 7) is 13.2. The molecule has 0 N–H and O–H groups in total. The van der Waals surface area contributed by atoms with Crippen LogP contribution in [0, 0.1) is 34.4 Å². The van der Waals surface area contributed by atoms with Gasteiger partial charge in [0, 0.05) is 94.3 Å². The number of aromatic nitrogens is 6. The number of aryl methyl sites for hydroxylation is 1. The molecule has 2 aromatic carbocycles. The van der Waals surface area contributed by atoms with Gasteiger partial charge in [0.2, 0.25) is 0 Å². The number of rotatable bonds is 11. The van der Waals surface area contributed by atoms with E-state index in [4.69, 9.17) is 9.84 Å². The second-order valence-electron chi connectivity index (χ2n) is 19.5. The Balaban J connectivity index is 0.984. The van der Waals surface area contributed by atoms with E-state index in [2.05, 4.69) is 64.7 Å². The van der Waals surface area contributed by atoms with E-state index in [1.165, 1.54) is 42.8 Å². The summed E-state index contributed by atoms with van der Waals surface area (Å²) in [6.07, 6.45) is -1.56. The normalized spacial score (nSPS) is 22.2. The van der Waals surface area contributed by atoms with Crippen LogP contribution in [-0.2, 0) is 32.9 Å². The number of benzene rings is 2. The molecule has 362 valence electrons. The maximum absolute atomic E-state index is 14.7. The van der Waals surface area contributed by atoms with E-state index in [1.807, 2.05) is 19.9 Å². The molecule has 3 aliphatic heterocycles. The number of piperazine rings is 1. The number of nitriles is 2. The first kappa shape index (κ1) is 47.4. The number of halogens is 4. The fourth-order valence-electron chi connectivity index (χ4n) is 10.8. The van der Waals surface area contributed by atoms with E-state index in [1.54, 1.807) is 25.5 Å². The molecule has 0 bridgehead atoms. The van der Waals surface area contributed by atoms with Crippen molar-refractivity contribution in [2.75, 3.05) is 49.6 Å². The molecule has 3 fully saturated rings. The molecule has 9 rings (SSSR count). The number of pyridine rings is 2. The van der Waals surface area contributed by atoms with Gasteiger partial charge in [-0.05, 0) is 81.8 Å². The van der Waals surface area contributed by atoms with Crippen LogP contribution in [0.25, 0.3) is 22.1 Å². The van der Waals surface area contributed by atoms with Crippen LogP contribution in [0.1, 0.15) is 75.3 Å². The fourth-order valence-corrected chi connectivity index (χ4v) is 10.8. The third-order valence-corrected chi connectivity index (χ3v) is 14.5. The maximum atomic E-state index is 14.7. The summed E-state index contributed by atoms with van der Waals surface area (Å²) in [5.74, 6) is -0.188. The third-order valence-electron chi connectivity index (χ3n) is 14.5. The lowest BCUT2D eigenvalue weighted by molar-refractivity contribution is -0.137. The molecule has 6 aromatic rings. The van der Waals surface area contributed by atoms with Crippen molar-refractivity contribution >= 4 is 33.4 Å². The molecule has 3 aliphatic rings. The van der Waals surface area contributed by atoms with Gasteiger partial charge in [-0.1, -0.05) is 13.0 Å². The number of likely N-dealkylation sites (N-methyl/N-ethyl adjacent to an activating group) is 1. The smallest absolute Gasteiger partial charge is 0.416 e. The Labute approximate surface area is 396 Å². The molecular weight excluding hydrogens is 893 g/mol. The summed E-state index contributed by atoms with van der Waals surface area (Å²) in [7, 11) is 3.70. The lowest BCUT2D eigenvalue weighted by Crippen LogP contribution is -2.57. The molecule has 0 amide bonds. The summed E-state index contributed by atoms with van der Waals surface area (Å²) in [5, 5.41) is 28.3. The van der Waals surface area contributed by atoms with E-state index < -0.39 is 23.4 Å². The van der Waals surface area contributed by atoms with Gasteiger partial charge < -0.3 is 28.6 Å². The molecule has 0 radical (unpaired) electrons. The first-order chi connectivity index (χ1) is 32.8. The summed E-state index contributed by atoms with van der Waals surface area (Å²) >= 11 is 0. The fraction of sp³-hybridized carbons (Fsp3) is 0.480. The molecule has 6 atom stereocenters. The minimum absolute atomic E-state index is 0.00158. The molecule has 15 nitrogen and oxygen atoms in total. The topological polar surface area (TPSA) is 149 Å². The highest BCUT2D eigenvalue weighted by molar-refractivity contribution is 5.89. The van der Waals surface area contributed by atoms with Crippen LogP contribution in [0.4, 0.5) is 28.9 Å². The predicted octanol–water partition coefficient (Wildman–Crippen LogP) is 6.87. The summed E-state index contributed by atoms with van der Waals surface area (Å²) in [6, 6.07) is 15.5. The van der Waals surface area contributed by atoms with Crippen molar-refractivity contribution in [1.82, 2.24) is 38.5 Å². The molecule has 0 saturated carbocycles. The lowest BCUT2D eigenvalue weighted by Gasteiger charge is -2.48. The molecule has 0 spiro atoms. The van der Waals surface area contributed by atoms with E-state index in [9.17, 15) is 37.7 Å². The van der Waals surface area contributed by atoms with Crippen molar-refractivity contribution in [2.45, 2.75) is 103 Å². The van der Waals surface area contributed by atoms with Gasteiger partial charge in [0.05, 0.1) is 59.0 Å². The number of alkyl halides is 3. The molecule has 0 aliphatic carbocycles. The van der Waals surface area contributed by atoms with E-state index in [0.717, 1.165) is 36.3 Å². The van der Waals surface area contributed by atoms with Crippen LogP contribution in [0.15, 0.2) is 70.5 Å². The first-order valence-electron chi connectivity index (χ1n) is 23.4. The van der Waals surface area contributed by atoms with Crippen LogP contribution < -0.4 is 25.7 Å². The average molecular weight is 949 g/mol. The zero-order valence-corrected chi connectivity index (χ0v) is 39.8. The van der Waals surface area contributed by atoms with Crippen molar-refractivity contribution in [3.63, 3.8) is 0 Å². The van der Waals surface area contributed by atoms with Crippen molar-refractivity contribution in [1.29, 1.82) is 10.5 Å². The van der Waals surface area contributed by atoms with Crippen molar-refractivity contribution < 1.29 is 22.3 Å². The Morgan fingerprint density at radius 1 is 0.783 bits per heavy atom. The van der Waals surface area contributed by atoms with E-state index in [-0.39, 0.29) is 78.3 Å². The van der Waals surface area contributed by atoms with Crippen LogP contribution in [0.2, 0.25) is 0 Å². The van der Waals surface area contributed by atoms with Crippen molar-refractivity contribution in [3.05, 3.63) is 110 Å². The molecule has 3 saturated heterocycles. The number of fused-ring (bicyclic) bond motifs is 2. The SMILES string of the molecule is CC(c1ccc(F)cc1C1CN(C)C1)N1C[C@H](C)N(c2cc(=O)n(Cc3cc(OC4C[C@@H](C)N(c5cc(=O)n(C)c6cn(CC#N)nc56)C[C@H]4C)cc(C(F)(F)F)c3)c3cn(CC#N)nc23)C[C@H]1C. The van der Waals surface area contributed by atoms with Crippen LogP contribution in [0.3, 0.4) is 0 Å². The molecule has 4 aromatic heterocycles. The van der Waals surface area contributed by atoms with Gasteiger partial charge in [-0.2, -0.15) is 33.9 Å². The Hall–Kier alpha value is -6.70. The second kappa shape index (κ2) is 18.3. The molecule has 19 heteroatoms. The summed E-state index contributed by atoms with van der Waals surface area (Å²) in [4.78, 5) is 36.2. The number of likely N-dealkylation sites (tertiary alicyclic amines) is 1. The zero-order chi connectivity index (χ0) is 49.2. The minimum atomic E-state index is -4.73. The number of ether oxygens (including phenoxy) is 1. The van der Waals surface area contributed by atoms with Gasteiger partial charge in [-0.25, -0.2) is 4.39 Å². The van der Waals surface area contributed by atoms with Crippen molar-refractivity contribution in [2.24, 2.45) is 13.0 Å². The molecular formula is C50H56F4N12O3. The quantitative estimate of drug-likeness (QED) is 0.125. The average Bonchev–Trinajstić information content (AvgIpc) is 3.91. The predicted molar refractivity (Wildman–Crippen MR) is 254 cm³/mol. The number of hydrogen-bond donors (Lipinski definition) is 0. The minimum Gasteiger partial charge on any atom is -0.490 e. The zero-order valence-electron chi connectivity index (χ0n) is 39.8. The standard InChI is InChI=1S/C50H56F4N12O3/c1-29-21-64(41-19-46(67)60(7)43-27-61(12-10-55)57-48(41)43)30(2)14-45(29)69-38-16-34(15-36(17-38)50(52,53)54)24-66-44-28-62(13-11-56)58-49(44)42(20-47(66)68)65-23-31(3)63(22-32(65)4)33(5)39-9-8-37(51)18-40(39)35-25-59(6)26-35/h8-9,15-20,27-33,35,45H,12-14,21-26H2,1-7H3/t29-,30-,31-,32+,33?,45?/m1/s1. The van der Waals surface area contributed by atoms with Crippen LogP contribution >= 0.6 is 0 Å². The first-order valence-corrected chi connectivity index (χ1v) is 23.4. The Bertz CT molecular complexity index is 3140. The van der Waals surface area contributed by atoms with Crippen LogP contribution in [-0.4, -0.2) is 102 Å². The molecule has 2 unspecified atom stereocenters. The van der Waals surface area contributed by atoms with Gasteiger partial charge >= 0.3 is 6.18 Å². The third kappa shape index (κ3) is 9.05. The maximum Gasteiger partial charge on any atom is 0.416 e. The highest BCUT2D eigenvalue weighted by Gasteiger charge is 2.38. The highest BCUT2D eigenvalue weighted by Crippen LogP contribution is 2.40. The highest BCUT2D eigenvalue weighted by atomic mass is 19.4. The number of hydrogen-bond acceptors (Lipinski definition) is 11. The van der Waals surface area contributed by atoms with Crippen molar-refractivity contribution in [3.8, 4) is 17.9 Å². The molecule has 7 heterocycles. The Kier molecular flexibility index (Phi) is 12.6. The summed E-state index contributed by atoms with van der Waals surface area (Å²) in [5.41, 5.74) is 3.86. The lowest BCUT2D eigenvalue weighted by atomic mass is 9.85. The van der Waals surface area contributed by atoms with E-state index in [0.29, 0.717) is 59.5 Å². The van der Waals surface area contributed by atoms with Gasteiger partial charge in [0.1, 0.15) is 41.8 Å². The van der Waals surface area contributed by atoms with Gasteiger partial charge in [0.25, 0.3) is 11.1 Å². The van der Waals surface area contributed by atoms with Gasteiger partial charge in [-0.15, -0.1) is 0 Å². The molecule has 69 heavy (non-hydrogen) atoms. The largest absolute Gasteiger partial charge is 0.490 e. The Morgan fingerprint density at radius 3 is 2.07 bits per heavy atom. The number of piperidine rings is 1. The van der Waals surface area contributed by atoms with Crippen LogP contribution in [0.5, 0.6) is 5.75 Å². The second-order valence-corrected chi connectivity index (χ2v) is 19.5. The monoisotopic (exact) mass is 948 g/mol. The number of anilines is 2. The van der Waals surface area contributed by atoms with Gasteiger partial charge in [0.15, 0.2) is 0 Å². The summed E-state index contributed by atoms with van der Waals surface area (Å²) < 4.78 is 70.8. The van der Waals surface area contributed by atoms with E-state index >= 15 is 0 Å². The number of nitrogens with zero attached hydrogens (tertiary/aromatic N) is 12. The van der Waals surface area contributed by atoms with Gasteiger partial charge in [-0.3, -0.25) is 23.9 Å². The Morgan fingerprint density at radius 2 is 1.42 bits per heavy atom.